The number of aliphatic hydroxyl groups excluding tert-OH is 2. The number of ketones is 4. The Morgan fingerprint density at radius 3 is 2.43 bits per heavy atom. The van der Waals surface area contributed by atoms with E-state index in [-0.39, 0.29) is 59.7 Å². The molecule has 1 heterocycles. The number of nitrogens with one attached hydrogen (secondary N) is 1. The molecule has 7 atom stereocenters. The number of hydrogen-bond acceptors (Lipinski definition) is 15. The molecule has 2 aromatic rings. The summed E-state index contributed by atoms with van der Waals surface area (Å²) >= 11 is 0. The number of carbonyl (C=O) groups excluding carboxylic acids is 5. The number of phenols is 2. The molecule has 0 radical (unpaired) electrons. The molecule has 0 spiro atoms. The molecule has 16 heteroatoms. The van der Waals surface area contributed by atoms with Gasteiger partial charge in [0.2, 0.25) is 5.78 Å². The standard InChI is InChI=1S/C35H41NO15/c1-15(38)11-34(3,46)8-9-49-33(45)36-19-10-23(50-16(2)28(19)40)51-21-13-35(47,22(39)14-37)12-18-25(21)32(44)27-26(30(18)42)29(41)17-6-5-7-20(48-4)24(17)31(27)43/h5-7,16,19,21,23,28,37,40,42,44,46-47H,8-14H2,1-4H3,(H,36,45)/t16-,19-,21-,23-,28+,34?,35-/m0/s1. The number of aromatic hydroxyl groups is 2. The van der Waals surface area contributed by atoms with Crippen molar-refractivity contribution < 1.29 is 73.6 Å². The molecule has 5 rings (SSSR count). The first-order valence-electron chi connectivity index (χ1n) is 16.3. The number of alkyl carbamates (subject to hydrolysis) is 1. The molecular weight excluding hydrogens is 674 g/mol. The number of Topliss-reactive ketones (excluding diaryl/α,β-unsaturated/α-hetero) is 2. The molecule has 0 bridgehead atoms. The maximum absolute atomic E-state index is 13.9. The van der Waals surface area contributed by atoms with Crippen LogP contribution in [0.1, 0.15) is 95.5 Å². The summed E-state index contributed by atoms with van der Waals surface area (Å²) in [5.41, 5.74) is -5.60. The summed E-state index contributed by atoms with van der Waals surface area (Å²) in [6, 6.07) is 3.23. The number of methoxy groups -OCH3 is 1. The van der Waals surface area contributed by atoms with E-state index in [1.165, 1.54) is 46.1 Å². The average molecular weight is 716 g/mol. The monoisotopic (exact) mass is 715 g/mol. The summed E-state index contributed by atoms with van der Waals surface area (Å²) < 4.78 is 22.4. The molecule has 3 aliphatic rings. The Labute approximate surface area is 291 Å². The van der Waals surface area contributed by atoms with E-state index in [1.54, 1.807) is 0 Å². The van der Waals surface area contributed by atoms with Crippen molar-refractivity contribution in [2.24, 2.45) is 0 Å². The average Bonchev–Trinajstić information content (AvgIpc) is 3.05. The van der Waals surface area contributed by atoms with E-state index in [0.29, 0.717) is 0 Å². The fourth-order valence-electron chi connectivity index (χ4n) is 7.04. The van der Waals surface area contributed by atoms with Crippen LogP contribution in [0.2, 0.25) is 0 Å². The van der Waals surface area contributed by atoms with E-state index < -0.39 is 107 Å². The van der Waals surface area contributed by atoms with Gasteiger partial charge in [0.05, 0.1) is 54.3 Å². The quantitative estimate of drug-likeness (QED) is 0.136. The van der Waals surface area contributed by atoms with Crippen LogP contribution in [-0.4, -0.2) is 116 Å². The molecule has 16 nitrogen and oxygen atoms in total. The van der Waals surface area contributed by atoms with Crippen LogP contribution in [-0.2, 0) is 30.2 Å². The molecule has 1 unspecified atom stereocenters. The Hall–Kier alpha value is -4.45. The zero-order valence-corrected chi connectivity index (χ0v) is 28.4. The molecule has 51 heavy (non-hydrogen) atoms. The second-order valence-electron chi connectivity index (χ2n) is 13.5. The number of aliphatic hydroxyl groups is 4. The predicted octanol–water partition coefficient (Wildman–Crippen LogP) is 0.889. The Morgan fingerprint density at radius 1 is 1.10 bits per heavy atom. The number of carbonyl (C=O) groups is 5. The molecule has 7 N–H and O–H groups in total. The van der Waals surface area contributed by atoms with Gasteiger partial charge in [-0.15, -0.1) is 0 Å². The summed E-state index contributed by atoms with van der Waals surface area (Å²) in [6.45, 7) is 2.88. The predicted molar refractivity (Wildman–Crippen MR) is 173 cm³/mol. The van der Waals surface area contributed by atoms with E-state index in [0.717, 1.165) is 0 Å². The van der Waals surface area contributed by atoms with E-state index in [4.69, 9.17) is 18.9 Å². The normalized spacial score (nSPS) is 26.6. The zero-order valence-electron chi connectivity index (χ0n) is 28.4. The summed E-state index contributed by atoms with van der Waals surface area (Å²) in [5.74, 6) is -4.44. The van der Waals surface area contributed by atoms with Gasteiger partial charge in [0, 0.05) is 48.8 Å². The van der Waals surface area contributed by atoms with Crippen molar-refractivity contribution in [3.63, 3.8) is 0 Å². The van der Waals surface area contributed by atoms with Crippen LogP contribution in [0.4, 0.5) is 4.79 Å². The molecule has 1 aliphatic heterocycles. The van der Waals surface area contributed by atoms with Crippen molar-refractivity contribution in [1.29, 1.82) is 0 Å². The lowest BCUT2D eigenvalue weighted by Gasteiger charge is -2.42. The van der Waals surface area contributed by atoms with E-state index in [1.807, 2.05) is 0 Å². The molecule has 1 saturated heterocycles. The van der Waals surface area contributed by atoms with E-state index >= 15 is 0 Å². The van der Waals surface area contributed by atoms with Crippen LogP contribution >= 0.6 is 0 Å². The minimum absolute atomic E-state index is 0.0401. The Bertz CT molecular complexity index is 1770. The van der Waals surface area contributed by atoms with Gasteiger partial charge in [-0.25, -0.2) is 4.79 Å². The minimum atomic E-state index is -2.36. The summed E-state index contributed by atoms with van der Waals surface area (Å²) in [6.07, 6.45) is -7.67. The van der Waals surface area contributed by atoms with Gasteiger partial charge in [0.15, 0.2) is 17.9 Å². The largest absolute Gasteiger partial charge is 0.507 e. The van der Waals surface area contributed by atoms with Crippen LogP contribution in [0.25, 0.3) is 0 Å². The van der Waals surface area contributed by atoms with Crippen molar-refractivity contribution >= 4 is 29.2 Å². The SMILES string of the molecule is COc1cccc2c1C(=O)c1c(O)c3c(c(O)c1C2=O)C[C@@](O)(C(=O)CO)C[C@@H]3O[C@H]1C[C@H](NC(=O)OCCC(C)(O)CC(C)=O)[C@H](O)[C@H](C)O1. The molecule has 1 amide bonds. The maximum atomic E-state index is 13.9. The zero-order chi connectivity index (χ0) is 37.6. The fourth-order valence-corrected chi connectivity index (χ4v) is 7.04. The number of phenolic OH excluding ortho intramolecular Hbond substituents is 2. The van der Waals surface area contributed by atoms with Crippen LogP contribution < -0.4 is 10.1 Å². The van der Waals surface area contributed by atoms with Crippen molar-refractivity contribution in [2.75, 3.05) is 20.3 Å². The van der Waals surface area contributed by atoms with Gasteiger partial charge in [-0.2, -0.15) is 0 Å². The minimum Gasteiger partial charge on any atom is -0.507 e. The van der Waals surface area contributed by atoms with Crippen LogP contribution in [0.3, 0.4) is 0 Å². The second-order valence-corrected chi connectivity index (χ2v) is 13.5. The second kappa shape index (κ2) is 14.3. The third kappa shape index (κ3) is 7.20. The van der Waals surface area contributed by atoms with Gasteiger partial charge < -0.3 is 54.9 Å². The lowest BCUT2D eigenvalue weighted by Crippen LogP contribution is -2.56. The first-order valence-corrected chi connectivity index (χ1v) is 16.3. The van der Waals surface area contributed by atoms with Crippen molar-refractivity contribution in [3.05, 3.63) is 51.6 Å². The number of hydrogen-bond donors (Lipinski definition) is 7. The number of amides is 1. The molecule has 2 aromatic carbocycles. The van der Waals surface area contributed by atoms with Gasteiger partial charge in [-0.05, 0) is 26.8 Å². The van der Waals surface area contributed by atoms with Crippen molar-refractivity contribution in [1.82, 2.24) is 5.32 Å². The van der Waals surface area contributed by atoms with Crippen LogP contribution in [0.5, 0.6) is 17.2 Å². The molecule has 276 valence electrons. The molecule has 0 saturated carbocycles. The Kier molecular flexibility index (Phi) is 10.6. The van der Waals surface area contributed by atoms with Crippen LogP contribution in [0, 0.1) is 0 Å². The summed E-state index contributed by atoms with van der Waals surface area (Å²) in [5, 5.41) is 68.0. The summed E-state index contributed by atoms with van der Waals surface area (Å²) in [7, 11) is 1.29. The number of fused-ring (bicyclic) bond motifs is 3. The summed E-state index contributed by atoms with van der Waals surface area (Å²) in [4.78, 5) is 64.4. The molecular formula is C35H41NO15. The Morgan fingerprint density at radius 2 is 1.78 bits per heavy atom. The van der Waals surface area contributed by atoms with Crippen molar-refractivity contribution in [3.8, 4) is 17.2 Å². The third-order valence-corrected chi connectivity index (χ3v) is 9.57. The molecule has 0 aromatic heterocycles. The first kappa shape index (κ1) is 37.8. The fraction of sp³-hybridized carbons (Fsp3) is 0.514. The lowest BCUT2D eigenvalue weighted by molar-refractivity contribution is -0.249. The highest BCUT2D eigenvalue weighted by molar-refractivity contribution is 6.31. The van der Waals surface area contributed by atoms with Crippen molar-refractivity contribution in [2.45, 2.75) is 94.7 Å². The highest BCUT2D eigenvalue weighted by atomic mass is 16.7. The van der Waals surface area contributed by atoms with Crippen LogP contribution in [0.15, 0.2) is 18.2 Å². The first-order chi connectivity index (χ1) is 23.9. The molecule has 1 fully saturated rings. The highest BCUT2D eigenvalue weighted by Crippen LogP contribution is 2.52. The van der Waals surface area contributed by atoms with E-state index in [2.05, 4.69) is 5.32 Å². The van der Waals surface area contributed by atoms with Gasteiger partial charge in [0.1, 0.15) is 41.3 Å². The number of rotatable bonds is 11. The maximum Gasteiger partial charge on any atom is 0.407 e. The third-order valence-electron chi connectivity index (χ3n) is 9.57. The lowest BCUT2D eigenvalue weighted by atomic mass is 9.72. The Balaban J connectivity index is 1.46. The smallest absolute Gasteiger partial charge is 0.407 e. The highest BCUT2D eigenvalue weighted by Gasteiger charge is 2.50. The van der Waals surface area contributed by atoms with Gasteiger partial charge in [-0.3, -0.25) is 19.2 Å². The van der Waals surface area contributed by atoms with Gasteiger partial charge in [-0.1, -0.05) is 12.1 Å². The van der Waals surface area contributed by atoms with E-state index in [9.17, 15) is 54.6 Å². The number of ether oxygens (including phenoxy) is 4. The topological polar surface area (TPSA) is 256 Å². The van der Waals surface area contributed by atoms with Gasteiger partial charge in [0.25, 0.3) is 0 Å². The molecule has 2 aliphatic carbocycles. The number of benzene rings is 2. The van der Waals surface area contributed by atoms with Gasteiger partial charge >= 0.3 is 6.09 Å².